The Morgan fingerprint density at radius 2 is 1.95 bits per heavy atom. The summed E-state index contributed by atoms with van der Waals surface area (Å²) in [7, 11) is -4.53. The Morgan fingerprint density at radius 1 is 1.30 bits per heavy atom. The summed E-state index contributed by atoms with van der Waals surface area (Å²) in [6.45, 7) is 2.38. The van der Waals surface area contributed by atoms with Gasteiger partial charge >= 0.3 is 5.76 Å². The third-order valence-electron chi connectivity index (χ3n) is 2.83. The monoisotopic (exact) mass is 301 g/mol. The Labute approximate surface area is 114 Å². The van der Waals surface area contributed by atoms with Crippen LogP contribution in [0.15, 0.2) is 35.4 Å². The van der Waals surface area contributed by atoms with Crippen molar-refractivity contribution in [2.24, 2.45) is 0 Å². The minimum atomic E-state index is -4.53. The van der Waals surface area contributed by atoms with Crippen LogP contribution < -0.4 is 5.32 Å². The number of rotatable bonds is 5. The van der Waals surface area contributed by atoms with E-state index >= 15 is 0 Å². The number of benzene rings is 1. The molecule has 0 unspecified atom stereocenters. The maximum atomic E-state index is 12.4. The first kappa shape index (κ1) is 14.4. The number of alkyl halides is 2. The molecule has 0 amide bonds. The first-order chi connectivity index (χ1) is 9.41. The molecule has 2 aromatic rings. The fourth-order valence-corrected chi connectivity index (χ4v) is 2.34. The van der Waals surface area contributed by atoms with Gasteiger partial charge in [-0.3, -0.25) is 5.10 Å². The van der Waals surface area contributed by atoms with Gasteiger partial charge in [-0.15, -0.1) is 0 Å². The molecular weight excluding hydrogens is 288 g/mol. The van der Waals surface area contributed by atoms with E-state index in [1.54, 1.807) is 6.20 Å². The van der Waals surface area contributed by atoms with E-state index in [1.807, 2.05) is 6.92 Å². The van der Waals surface area contributed by atoms with E-state index in [0.717, 1.165) is 23.4 Å². The number of hydrogen-bond acceptors (Lipinski definition) is 4. The number of nitrogens with zero attached hydrogens (tertiary/aromatic N) is 1. The first-order valence-corrected chi connectivity index (χ1v) is 7.30. The molecule has 1 aromatic heterocycles. The average molecular weight is 301 g/mol. The van der Waals surface area contributed by atoms with Crippen molar-refractivity contribution in [3.8, 4) is 0 Å². The number of sulfone groups is 1. The van der Waals surface area contributed by atoms with Crippen LogP contribution in [0.1, 0.15) is 11.3 Å². The zero-order chi connectivity index (χ0) is 14.8. The number of anilines is 1. The van der Waals surface area contributed by atoms with Gasteiger partial charge in [-0.25, -0.2) is 8.42 Å². The summed E-state index contributed by atoms with van der Waals surface area (Å²) in [5, 5.41) is 9.72. The highest BCUT2D eigenvalue weighted by molar-refractivity contribution is 7.91. The van der Waals surface area contributed by atoms with Crippen LogP contribution in [0.2, 0.25) is 0 Å². The van der Waals surface area contributed by atoms with Gasteiger partial charge in [0.1, 0.15) is 0 Å². The van der Waals surface area contributed by atoms with Crippen molar-refractivity contribution in [1.29, 1.82) is 0 Å². The number of aryl methyl sites for hydroxylation is 1. The van der Waals surface area contributed by atoms with Gasteiger partial charge in [0.2, 0.25) is 9.84 Å². The van der Waals surface area contributed by atoms with Crippen LogP contribution in [0.3, 0.4) is 0 Å². The summed E-state index contributed by atoms with van der Waals surface area (Å²) in [5.74, 6) is -3.41. The van der Waals surface area contributed by atoms with Crippen molar-refractivity contribution in [2.45, 2.75) is 24.1 Å². The van der Waals surface area contributed by atoms with Gasteiger partial charge in [0.25, 0.3) is 0 Å². The Kier molecular flexibility index (Phi) is 4.03. The van der Waals surface area contributed by atoms with Crippen LogP contribution in [-0.2, 0) is 16.4 Å². The molecule has 0 saturated carbocycles. The summed E-state index contributed by atoms with van der Waals surface area (Å²) < 4.78 is 47.2. The number of H-pyrrole nitrogens is 1. The zero-order valence-electron chi connectivity index (χ0n) is 10.6. The molecule has 8 heteroatoms. The van der Waals surface area contributed by atoms with Crippen molar-refractivity contribution < 1.29 is 17.2 Å². The third-order valence-corrected chi connectivity index (χ3v) is 4.23. The molecule has 0 bridgehead atoms. The normalized spacial score (nSPS) is 11.8. The van der Waals surface area contributed by atoms with Gasteiger partial charge in [0.05, 0.1) is 11.1 Å². The van der Waals surface area contributed by atoms with Crippen molar-refractivity contribution in [1.82, 2.24) is 10.2 Å². The lowest BCUT2D eigenvalue weighted by atomic mass is 10.2. The van der Waals surface area contributed by atoms with Gasteiger partial charge < -0.3 is 5.32 Å². The van der Waals surface area contributed by atoms with Crippen LogP contribution in [-0.4, -0.2) is 24.4 Å². The summed E-state index contributed by atoms with van der Waals surface area (Å²) in [5.41, 5.74) is 2.53. The summed E-state index contributed by atoms with van der Waals surface area (Å²) >= 11 is 0. The second-order valence-electron chi connectivity index (χ2n) is 4.20. The van der Waals surface area contributed by atoms with E-state index in [2.05, 4.69) is 15.5 Å². The summed E-state index contributed by atoms with van der Waals surface area (Å²) in [6.07, 6.45) is 1.68. The minimum absolute atomic E-state index is 0.391. The lowest BCUT2D eigenvalue weighted by Crippen LogP contribution is -2.11. The molecule has 0 radical (unpaired) electrons. The van der Waals surface area contributed by atoms with E-state index in [9.17, 15) is 17.2 Å². The molecule has 2 rings (SSSR count). The maximum absolute atomic E-state index is 12.4. The molecule has 2 N–H and O–H groups in total. The lowest BCUT2D eigenvalue weighted by Gasteiger charge is -2.07. The highest BCUT2D eigenvalue weighted by atomic mass is 32.2. The van der Waals surface area contributed by atoms with E-state index in [-0.39, 0.29) is 0 Å². The molecule has 108 valence electrons. The number of nitrogens with one attached hydrogen (secondary N) is 2. The van der Waals surface area contributed by atoms with Gasteiger partial charge in [0, 0.05) is 23.5 Å². The van der Waals surface area contributed by atoms with Crippen LogP contribution in [0.25, 0.3) is 0 Å². The topological polar surface area (TPSA) is 74.8 Å². The second-order valence-corrected chi connectivity index (χ2v) is 6.12. The lowest BCUT2D eigenvalue weighted by molar-refractivity contribution is 0.234. The van der Waals surface area contributed by atoms with E-state index in [0.29, 0.717) is 12.2 Å². The fraction of sp³-hybridized carbons (Fsp3) is 0.250. The molecule has 0 aliphatic heterocycles. The molecule has 0 aliphatic carbocycles. The number of halogens is 2. The summed E-state index contributed by atoms with van der Waals surface area (Å²) in [4.78, 5) is -0.391. The van der Waals surface area contributed by atoms with Crippen molar-refractivity contribution in [2.75, 3.05) is 5.32 Å². The molecule has 20 heavy (non-hydrogen) atoms. The average Bonchev–Trinajstić information content (AvgIpc) is 2.82. The van der Waals surface area contributed by atoms with E-state index in [4.69, 9.17) is 0 Å². The standard InChI is InChI=1S/C12H13F2N3O2S/c1-8-9(7-16-17-8)6-15-10-2-4-11(5-3-10)20(18,19)12(13)14/h2-5,7,12,15H,6H2,1H3,(H,16,17). The van der Waals surface area contributed by atoms with Crippen LogP contribution >= 0.6 is 0 Å². The van der Waals surface area contributed by atoms with Gasteiger partial charge in [0.15, 0.2) is 0 Å². The fourth-order valence-electron chi connectivity index (χ4n) is 1.62. The van der Waals surface area contributed by atoms with Crippen molar-refractivity contribution in [3.05, 3.63) is 41.7 Å². The zero-order valence-corrected chi connectivity index (χ0v) is 11.4. The molecule has 0 aliphatic rings. The second kappa shape index (κ2) is 5.58. The van der Waals surface area contributed by atoms with E-state index in [1.165, 1.54) is 12.1 Å². The highest BCUT2D eigenvalue weighted by Gasteiger charge is 2.26. The molecule has 0 fully saturated rings. The Morgan fingerprint density at radius 3 is 2.45 bits per heavy atom. The van der Waals surface area contributed by atoms with Crippen LogP contribution in [0.5, 0.6) is 0 Å². The van der Waals surface area contributed by atoms with Crippen LogP contribution in [0, 0.1) is 6.92 Å². The third kappa shape index (κ3) is 2.96. The molecule has 0 atom stereocenters. The molecule has 5 nitrogen and oxygen atoms in total. The first-order valence-electron chi connectivity index (χ1n) is 5.76. The Balaban J connectivity index is 2.08. The number of aromatic nitrogens is 2. The van der Waals surface area contributed by atoms with Crippen molar-refractivity contribution in [3.63, 3.8) is 0 Å². The van der Waals surface area contributed by atoms with Crippen molar-refractivity contribution >= 4 is 15.5 Å². The molecule has 1 heterocycles. The molecule has 0 saturated heterocycles. The predicted molar refractivity (Wildman–Crippen MR) is 70.3 cm³/mol. The van der Waals surface area contributed by atoms with Gasteiger partial charge in [-0.05, 0) is 31.2 Å². The maximum Gasteiger partial charge on any atom is 0.341 e. The largest absolute Gasteiger partial charge is 0.381 e. The Bertz CT molecular complexity index is 681. The minimum Gasteiger partial charge on any atom is -0.381 e. The molecular formula is C12H13F2N3O2S. The molecule has 1 aromatic carbocycles. The smallest absolute Gasteiger partial charge is 0.341 e. The van der Waals surface area contributed by atoms with Gasteiger partial charge in [-0.1, -0.05) is 0 Å². The molecule has 0 spiro atoms. The number of hydrogen-bond donors (Lipinski definition) is 2. The van der Waals surface area contributed by atoms with Gasteiger partial charge in [-0.2, -0.15) is 13.9 Å². The quantitative estimate of drug-likeness (QED) is 0.889. The predicted octanol–water partition coefficient (Wildman–Crippen LogP) is 2.33. The highest BCUT2D eigenvalue weighted by Crippen LogP contribution is 2.20. The Hall–Kier alpha value is -1.96. The number of aromatic amines is 1. The van der Waals surface area contributed by atoms with Crippen LogP contribution in [0.4, 0.5) is 14.5 Å². The summed E-state index contributed by atoms with van der Waals surface area (Å²) in [6, 6.07) is 5.22. The van der Waals surface area contributed by atoms with E-state index < -0.39 is 20.5 Å². The SMILES string of the molecule is Cc1[nH]ncc1CNc1ccc(S(=O)(=O)C(F)F)cc1.